The number of methoxy groups -OCH3 is 1. The van der Waals surface area contributed by atoms with E-state index in [0.29, 0.717) is 22.4 Å². The number of rotatable bonds is 5. The van der Waals surface area contributed by atoms with E-state index in [1.54, 1.807) is 24.3 Å². The van der Waals surface area contributed by atoms with Gasteiger partial charge in [0.1, 0.15) is 17.4 Å². The maximum atomic E-state index is 13.9. The molecule has 0 aliphatic carbocycles. The van der Waals surface area contributed by atoms with E-state index in [-0.39, 0.29) is 12.5 Å². The van der Waals surface area contributed by atoms with Crippen LogP contribution in [0.2, 0.25) is 0 Å². The maximum absolute atomic E-state index is 13.9. The number of thiazole rings is 1. The van der Waals surface area contributed by atoms with Gasteiger partial charge in [0.25, 0.3) is 5.91 Å². The highest BCUT2D eigenvalue weighted by Gasteiger charge is 2.38. The highest BCUT2D eigenvalue weighted by molar-refractivity contribution is 7.22. The van der Waals surface area contributed by atoms with Crippen molar-refractivity contribution in [3.05, 3.63) is 72.1 Å². The molecule has 2 unspecified atom stereocenters. The van der Waals surface area contributed by atoms with E-state index in [1.165, 1.54) is 11.3 Å². The van der Waals surface area contributed by atoms with Gasteiger partial charge in [-0.25, -0.2) is 4.98 Å². The third-order valence-corrected chi connectivity index (χ3v) is 6.75. The smallest absolute Gasteiger partial charge is 0.274 e. The molecular weight excluding hydrogens is 438 g/mol. The molecule has 1 amide bonds. The van der Waals surface area contributed by atoms with E-state index in [2.05, 4.69) is 4.98 Å². The number of benzene rings is 2. The van der Waals surface area contributed by atoms with Gasteiger partial charge in [-0.15, -0.1) is 0 Å². The first kappa shape index (κ1) is 21.2. The van der Waals surface area contributed by atoms with Gasteiger partial charge in [0.05, 0.1) is 24.0 Å². The summed E-state index contributed by atoms with van der Waals surface area (Å²) >= 11 is 1.45. The fourth-order valence-electron chi connectivity index (χ4n) is 3.82. The summed E-state index contributed by atoms with van der Waals surface area (Å²) in [5, 5.41) is 0.558. The Morgan fingerprint density at radius 2 is 1.85 bits per heavy atom. The molecule has 0 bridgehead atoms. The zero-order valence-corrected chi connectivity index (χ0v) is 19.3. The van der Waals surface area contributed by atoms with E-state index in [1.807, 2.05) is 62.4 Å². The van der Waals surface area contributed by atoms with Crippen molar-refractivity contribution in [3.63, 3.8) is 0 Å². The predicted octanol–water partition coefficient (Wildman–Crippen LogP) is 4.77. The van der Waals surface area contributed by atoms with Crippen LogP contribution in [0.15, 0.2) is 60.8 Å². The molecule has 0 fully saturated rings. The summed E-state index contributed by atoms with van der Waals surface area (Å²) in [6, 6.07) is 16.9. The minimum Gasteiger partial charge on any atom is -0.494 e. The molecule has 5 rings (SSSR count). The molecule has 168 valence electrons. The number of ether oxygens (including phenoxy) is 3. The average Bonchev–Trinajstić information content (AvgIpc) is 3.29. The third-order valence-electron chi connectivity index (χ3n) is 5.54. The monoisotopic (exact) mass is 461 g/mol. The quantitative estimate of drug-likeness (QED) is 0.426. The Morgan fingerprint density at radius 1 is 1.09 bits per heavy atom. The van der Waals surface area contributed by atoms with Gasteiger partial charge in [-0.1, -0.05) is 35.6 Å². The van der Waals surface area contributed by atoms with Gasteiger partial charge >= 0.3 is 0 Å². The lowest BCUT2D eigenvalue weighted by Crippen LogP contribution is -2.50. The number of hydrogen-bond donors (Lipinski definition) is 0. The summed E-state index contributed by atoms with van der Waals surface area (Å²) in [6.07, 6.45) is 0.422. The molecule has 7 nitrogen and oxygen atoms in total. The molecule has 4 aromatic rings. The number of amides is 1. The zero-order chi connectivity index (χ0) is 22.9. The number of anilines is 1. The van der Waals surface area contributed by atoms with Crippen LogP contribution in [0, 0.1) is 6.92 Å². The van der Waals surface area contributed by atoms with Crippen molar-refractivity contribution in [2.45, 2.75) is 32.6 Å². The van der Waals surface area contributed by atoms with Gasteiger partial charge < -0.3 is 14.2 Å². The summed E-state index contributed by atoms with van der Waals surface area (Å²) in [7, 11) is 1.62. The molecule has 3 heterocycles. The van der Waals surface area contributed by atoms with Crippen molar-refractivity contribution in [1.29, 1.82) is 0 Å². The minimum absolute atomic E-state index is 0.238. The summed E-state index contributed by atoms with van der Waals surface area (Å²) in [6.45, 7) is 4.11. The second-order valence-corrected chi connectivity index (χ2v) is 8.79. The van der Waals surface area contributed by atoms with E-state index in [0.717, 1.165) is 21.5 Å². The molecular formula is C25H23N3O4S. The van der Waals surface area contributed by atoms with Crippen molar-refractivity contribution < 1.29 is 19.0 Å². The van der Waals surface area contributed by atoms with E-state index < -0.39 is 12.2 Å². The maximum Gasteiger partial charge on any atom is 0.274 e. The Kier molecular flexibility index (Phi) is 5.60. The summed E-state index contributed by atoms with van der Waals surface area (Å²) < 4.78 is 18.6. The number of hydrogen-bond acceptors (Lipinski definition) is 7. The lowest BCUT2D eigenvalue weighted by Gasteiger charge is -2.33. The number of aromatic nitrogens is 2. The third kappa shape index (κ3) is 3.98. The highest BCUT2D eigenvalue weighted by atomic mass is 32.1. The summed E-state index contributed by atoms with van der Waals surface area (Å²) in [5.41, 5.74) is 2.55. The number of aryl methyl sites for hydroxylation is 1. The topological polar surface area (TPSA) is 73.8 Å². The molecule has 0 saturated heterocycles. The largest absolute Gasteiger partial charge is 0.494 e. The van der Waals surface area contributed by atoms with Crippen LogP contribution in [0.4, 0.5) is 5.13 Å². The van der Waals surface area contributed by atoms with Crippen molar-refractivity contribution in [3.8, 4) is 17.2 Å². The summed E-state index contributed by atoms with van der Waals surface area (Å²) in [4.78, 5) is 24.7. The first-order chi connectivity index (χ1) is 16.0. The van der Waals surface area contributed by atoms with Crippen molar-refractivity contribution >= 4 is 32.6 Å². The molecule has 1 aliphatic heterocycles. The highest BCUT2D eigenvalue weighted by Crippen LogP contribution is 2.38. The Bertz CT molecular complexity index is 1310. The van der Waals surface area contributed by atoms with Crippen LogP contribution in [-0.4, -0.2) is 35.2 Å². The average molecular weight is 462 g/mol. The van der Waals surface area contributed by atoms with Crippen LogP contribution >= 0.6 is 11.3 Å². The van der Waals surface area contributed by atoms with Gasteiger partial charge in [0, 0.05) is 6.20 Å². The number of carbonyl (C=O) groups excluding carboxylic acids is 1. The van der Waals surface area contributed by atoms with Crippen LogP contribution in [-0.2, 0) is 11.3 Å². The molecule has 8 heteroatoms. The van der Waals surface area contributed by atoms with E-state index in [4.69, 9.17) is 19.2 Å². The molecule has 1 aliphatic rings. The number of fused-ring (bicyclic) bond motifs is 2. The number of carbonyl (C=O) groups is 1. The molecule has 0 saturated carbocycles. The van der Waals surface area contributed by atoms with Gasteiger partial charge in [-0.05, 0) is 49.7 Å². The van der Waals surface area contributed by atoms with Crippen molar-refractivity contribution in [2.75, 3.05) is 12.0 Å². The van der Waals surface area contributed by atoms with Crippen LogP contribution < -0.4 is 19.1 Å². The predicted molar refractivity (Wildman–Crippen MR) is 127 cm³/mol. The standard InChI is InChI=1S/C25H23N3O4S/c1-15-11-12-20(30-3)21-23(15)33-25(27-21)28(14-17-8-6-7-13-26-17)24(29)22-16(2)31-18-9-4-5-10-19(18)32-22/h4-13,16,22H,14H2,1-3H3. The van der Waals surface area contributed by atoms with Crippen LogP contribution in [0.1, 0.15) is 18.2 Å². The Hall–Kier alpha value is -3.65. The Labute approximate surface area is 195 Å². The van der Waals surface area contributed by atoms with Crippen molar-refractivity contribution in [1.82, 2.24) is 9.97 Å². The fraction of sp³-hybridized carbons (Fsp3) is 0.240. The van der Waals surface area contributed by atoms with Crippen molar-refractivity contribution in [2.24, 2.45) is 0 Å². The number of nitrogens with zero attached hydrogens (tertiary/aromatic N) is 3. The van der Waals surface area contributed by atoms with Gasteiger partial charge in [-0.3, -0.25) is 14.7 Å². The van der Waals surface area contributed by atoms with E-state index >= 15 is 0 Å². The van der Waals surface area contributed by atoms with Gasteiger partial charge in [0.15, 0.2) is 16.6 Å². The molecule has 0 radical (unpaired) electrons. The number of para-hydroxylation sites is 2. The van der Waals surface area contributed by atoms with Gasteiger partial charge in [-0.2, -0.15) is 0 Å². The first-order valence-corrected chi connectivity index (χ1v) is 11.4. The molecule has 2 aromatic carbocycles. The molecule has 0 spiro atoms. The Balaban J connectivity index is 1.56. The Morgan fingerprint density at radius 3 is 2.58 bits per heavy atom. The molecule has 33 heavy (non-hydrogen) atoms. The molecule has 2 aromatic heterocycles. The first-order valence-electron chi connectivity index (χ1n) is 10.6. The molecule has 2 atom stereocenters. The lowest BCUT2D eigenvalue weighted by molar-refractivity contribution is -0.130. The lowest BCUT2D eigenvalue weighted by atomic mass is 10.1. The fourth-order valence-corrected chi connectivity index (χ4v) is 4.87. The SMILES string of the molecule is COc1ccc(C)c2sc(N(Cc3ccccn3)C(=O)C3Oc4ccccc4OC3C)nc12. The zero-order valence-electron chi connectivity index (χ0n) is 18.5. The second kappa shape index (κ2) is 8.71. The van der Waals surface area contributed by atoms with Crippen LogP contribution in [0.25, 0.3) is 10.2 Å². The van der Waals surface area contributed by atoms with Crippen LogP contribution in [0.5, 0.6) is 17.2 Å². The number of pyridine rings is 1. The van der Waals surface area contributed by atoms with Gasteiger partial charge in [0.2, 0.25) is 6.10 Å². The summed E-state index contributed by atoms with van der Waals surface area (Å²) in [5.74, 6) is 1.61. The van der Waals surface area contributed by atoms with E-state index in [9.17, 15) is 4.79 Å². The minimum atomic E-state index is -0.821. The van der Waals surface area contributed by atoms with Crippen LogP contribution in [0.3, 0.4) is 0 Å². The normalized spacial score (nSPS) is 17.1. The molecule has 0 N–H and O–H groups in total. The second-order valence-electron chi connectivity index (χ2n) is 7.81.